The van der Waals surface area contributed by atoms with Crippen LogP contribution in [0.1, 0.15) is 87.1 Å². The summed E-state index contributed by atoms with van der Waals surface area (Å²) in [5.41, 5.74) is 1.99. The standard InChI is InChI=1S/C21H35NO/c1-4-5-6-7-8-9-10-11-12-13-18-22(3)21(23)20-16-14-19(2)15-17-20/h14-17H,4-13,18H2,1-3H3. The van der Waals surface area contributed by atoms with E-state index in [1.165, 1.54) is 63.4 Å². The van der Waals surface area contributed by atoms with E-state index in [0.29, 0.717) is 0 Å². The topological polar surface area (TPSA) is 20.3 Å². The summed E-state index contributed by atoms with van der Waals surface area (Å²) in [5.74, 6) is 0.140. The number of carbonyl (C=O) groups is 1. The van der Waals surface area contributed by atoms with Crippen LogP contribution in [0.2, 0.25) is 0 Å². The molecule has 0 spiro atoms. The number of hydrogen-bond acceptors (Lipinski definition) is 1. The minimum Gasteiger partial charge on any atom is -0.342 e. The second-order valence-electron chi connectivity index (χ2n) is 6.77. The van der Waals surface area contributed by atoms with Gasteiger partial charge in [0, 0.05) is 19.2 Å². The van der Waals surface area contributed by atoms with E-state index in [1.54, 1.807) is 0 Å². The van der Waals surface area contributed by atoms with Crippen LogP contribution in [-0.4, -0.2) is 24.4 Å². The molecule has 0 saturated carbocycles. The van der Waals surface area contributed by atoms with Crippen LogP contribution in [0, 0.1) is 6.92 Å². The van der Waals surface area contributed by atoms with E-state index in [2.05, 4.69) is 6.92 Å². The third-order valence-corrected chi connectivity index (χ3v) is 4.49. The van der Waals surface area contributed by atoms with Crippen LogP contribution in [0.15, 0.2) is 24.3 Å². The van der Waals surface area contributed by atoms with Crippen LogP contribution in [-0.2, 0) is 0 Å². The maximum absolute atomic E-state index is 12.3. The van der Waals surface area contributed by atoms with Crippen molar-refractivity contribution < 1.29 is 4.79 Å². The molecule has 0 radical (unpaired) electrons. The van der Waals surface area contributed by atoms with Crippen molar-refractivity contribution >= 4 is 5.91 Å². The first kappa shape index (κ1) is 19.7. The van der Waals surface area contributed by atoms with Crippen molar-refractivity contribution in [2.45, 2.75) is 78.1 Å². The number of carbonyl (C=O) groups excluding carboxylic acids is 1. The number of aryl methyl sites for hydroxylation is 1. The van der Waals surface area contributed by atoms with E-state index in [0.717, 1.165) is 18.5 Å². The first-order valence-corrected chi connectivity index (χ1v) is 9.47. The molecule has 2 heteroatoms. The van der Waals surface area contributed by atoms with Crippen LogP contribution in [0.25, 0.3) is 0 Å². The van der Waals surface area contributed by atoms with Crippen molar-refractivity contribution in [3.63, 3.8) is 0 Å². The van der Waals surface area contributed by atoms with Gasteiger partial charge in [-0.3, -0.25) is 4.79 Å². The molecule has 0 saturated heterocycles. The molecule has 0 aliphatic carbocycles. The molecule has 0 heterocycles. The number of unbranched alkanes of at least 4 members (excludes halogenated alkanes) is 9. The van der Waals surface area contributed by atoms with E-state index >= 15 is 0 Å². The van der Waals surface area contributed by atoms with Gasteiger partial charge >= 0.3 is 0 Å². The van der Waals surface area contributed by atoms with Crippen molar-refractivity contribution in [2.24, 2.45) is 0 Å². The fourth-order valence-corrected chi connectivity index (χ4v) is 2.85. The molecule has 1 rings (SSSR count). The first-order chi connectivity index (χ1) is 11.1. The van der Waals surface area contributed by atoms with E-state index < -0.39 is 0 Å². The van der Waals surface area contributed by atoms with E-state index in [9.17, 15) is 4.79 Å². The minimum atomic E-state index is 0.140. The third-order valence-electron chi connectivity index (χ3n) is 4.49. The summed E-state index contributed by atoms with van der Waals surface area (Å²) < 4.78 is 0. The molecule has 1 aromatic rings. The fourth-order valence-electron chi connectivity index (χ4n) is 2.85. The van der Waals surface area contributed by atoms with Crippen LogP contribution < -0.4 is 0 Å². The second kappa shape index (κ2) is 12.2. The summed E-state index contributed by atoms with van der Waals surface area (Å²) in [7, 11) is 1.91. The Morgan fingerprint density at radius 1 is 0.826 bits per heavy atom. The van der Waals surface area contributed by atoms with Gasteiger partial charge in [-0.05, 0) is 25.5 Å². The van der Waals surface area contributed by atoms with Crippen molar-refractivity contribution in [2.75, 3.05) is 13.6 Å². The molecular weight excluding hydrogens is 282 g/mol. The highest BCUT2D eigenvalue weighted by molar-refractivity contribution is 5.94. The van der Waals surface area contributed by atoms with Crippen molar-refractivity contribution in [3.8, 4) is 0 Å². The average molecular weight is 318 g/mol. The zero-order valence-electron chi connectivity index (χ0n) is 15.4. The molecule has 0 N–H and O–H groups in total. The molecule has 1 amide bonds. The zero-order valence-corrected chi connectivity index (χ0v) is 15.4. The Labute approximate surface area is 143 Å². The van der Waals surface area contributed by atoms with E-state index in [4.69, 9.17) is 0 Å². The lowest BCUT2D eigenvalue weighted by Crippen LogP contribution is -2.27. The number of amides is 1. The highest BCUT2D eigenvalue weighted by atomic mass is 16.2. The van der Waals surface area contributed by atoms with Crippen molar-refractivity contribution in [3.05, 3.63) is 35.4 Å². The highest BCUT2D eigenvalue weighted by Gasteiger charge is 2.10. The Morgan fingerprint density at radius 2 is 1.30 bits per heavy atom. The van der Waals surface area contributed by atoms with Gasteiger partial charge in [0.15, 0.2) is 0 Å². The van der Waals surface area contributed by atoms with Gasteiger partial charge in [-0.1, -0.05) is 82.4 Å². The first-order valence-electron chi connectivity index (χ1n) is 9.47. The molecule has 0 fully saturated rings. The van der Waals surface area contributed by atoms with Gasteiger partial charge in [0.1, 0.15) is 0 Å². The molecule has 0 aliphatic heterocycles. The monoisotopic (exact) mass is 317 g/mol. The van der Waals surface area contributed by atoms with Crippen molar-refractivity contribution in [1.82, 2.24) is 4.90 Å². The Hall–Kier alpha value is -1.31. The maximum atomic E-state index is 12.3. The van der Waals surface area contributed by atoms with Gasteiger partial charge in [-0.15, -0.1) is 0 Å². The van der Waals surface area contributed by atoms with Crippen molar-refractivity contribution in [1.29, 1.82) is 0 Å². The Morgan fingerprint density at radius 3 is 1.83 bits per heavy atom. The fraction of sp³-hybridized carbons (Fsp3) is 0.667. The summed E-state index contributed by atoms with van der Waals surface area (Å²) in [4.78, 5) is 14.1. The molecular formula is C21H35NO. The highest BCUT2D eigenvalue weighted by Crippen LogP contribution is 2.11. The number of rotatable bonds is 12. The van der Waals surface area contributed by atoms with E-state index in [1.807, 2.05) is 43.1 Å². The molecule has 0 atom stereocenters. The smallest absolute Gasteiger partial charge is 0.253 e. The zero-order chi connectivity index (χ0) is 16.9. The molecule has 2 nitrogen and oxygen atoms in total. The maximum Gasteiger partial charge on any atom is 0.253 e. The molecule has 0 bridgehead atoms. The lowest BCUT2D eigenvalue weighted by molar-refractivity contribution is 0.0792. The Bertz CT molecular complexity index is 424. The molecule has 0 aliphatic rings. The van der Waals surface area contributed by atoms with Gasteiger partial charge < -0.3 is 4.90 Å². The number of benzene rings is 1. The summed E-state index contributed by atoms with van der Waals surface area (Å²) in [5, 5.41) is 0. The Kier molecular flexibility index (Phi) is 10.4. The summed E-state index contributed by atoms with van der Waals surface area (Å²) in [6, 6.07) is 7.85. The van der Waals surface area contributed by atoms with Gasteiger partial charge in [-0.2, -0.15) is 0 Å². The van der Waals surface area contributed by atoms with Crippen LogP contribution >= 0.6 is 0 Å². The number of nitrogens with zero attached hydrogens (tertiary/aromatic N) is 1. The lowest BCUT2D eigenvalue weighted by Gasteiger charge is -2.17. The summed E-state index contributed by atoms with van der Waals surface area (Å²) >= 11 is 0. The summed E-state index contributed by atoms with van der Waals surface area (Å²) in [6.45, 7) is 5.17. The summed E-state index contributed by atoms with van der Waals surface area (Å²) in [6.07, 6.45) is 13.3. The number of hydrogen-bond donors (Lipinski definition) is 0. The van der Waals surface area contributed by atoms with Crippen LogP contribution in [0.3, 0.4) is 0 Å². The largest absolute Gasteiger partial charge is 0.342 e. The molecule has 23 heavy (non-hydrogen) atoms. The molecule has 1 aromatic carbocycles. The van der Waals surface area contributed by atoms with Gasteiger partial charge in [0.2, 0.25) is 0 Å². The molecule has 130 valence electrons. The van der Waals surface area contributed by atoms with E-state index in [-0.39, 0.29) is 5.91 Å². The van der Waals surface area contributed by atoms with Crippen LogP contribution in [0.4, 0.5) is 0 Å². The molecule has 0 unspecified atom stereocenters. The predicted molar refractivity (Wildman–Crippen MR) is 100.0 cm³/mol. The Balaban J connectivity index is 2.04. The SMILES string of the molecule is CCCCCCCCCCCCN(C)C(=O)c1ccc(C)cc1. The quantitative estimate of drug-likeness (QED) is 0.434. The third kappa shape index (κ3) is 8.78. The average Bonchev–Trinajstić information content (AvgIpc) is 2.56. The predicted octanol–water partition coefficient (Wildman–Crippen LogP) is 5.99. The second-order valence-corrected chi connectivity index (χ2v) is 6.77. The van der Waals surface area contributed by atoms with Gasteiger partial charge in [0.25, 0.3) is 5.91 Å². The van der Waals surface area contributed by atoms with Crippen LogP contribution in [0.5, 0.6) is 0 Å². The lowest BCUT2D eigenvalue weighted by atomic mass is 10.1. The normalized spacial score (nSPS) is 10.7. The minimum absolute atomic E-state index is 0.140. The van der Waals surface area contributed by atoms with Gasteiger partial charge in [-0.25, -0.2) is 0 Å². The molecule has 0 aromatic heterocycles. The van der Waals surface area contributed by atoms with Gasteiger partial charge in [0.05, 0.1) is 0 Å².